The third kappa shape index (κ3) is 6.00. The van der Waals surface area contributed by atoms with E-state index in [9.17, 15) is 4.79 Å². The van der Waals surface area contributed by atoms with Crippen molar-refractivity contribution in [3.05, 3.63) is 29.8 Å². The molecule has 1 aliphatic rings. The van der Waals surface area contributed by atoms with Crippen molar-refractivity contribution in [1.29, 1.82) is 0 Å². The van der Waals surface area contributed by atoms with Crippen molar-refractivity contribution in [3.63, 3.8) is 0 Å². The lowest BCUT2D eigenvalue weighted by molar-refractivity contribution is -0.136. The molecule has 1 fully saturated rings. The van der Waals surface area contributed by atoms with E-state index in [0.29, 0.717) is 6.61 Å². The number of hydrogen-bond donors (Lipinski definition) is 1. The van der Waals surface area contributed by atoms with Crippen LogP contribution >= 0.6 is 11.8 Å². The van der Waals surface area contributed by atoms with Gasteiger partial charge in [-0.2, -0.15) is 11.8 Å². The van der Waals surface area contributed by atoms with Crippen LogP contribution in [0.4, 0.5) is 0 Å². The summed E-state index contributed by atoms with van der Waals surface area (Å²) in [5.74, 6) is 1.91. The summed E-state index contributed by atoms with van der Waals surface area (Å²) in [6.45, 7) is 3.07. The van der Waals surface area contributed by atoms with Crippen molar-refractivity contribution in [2.45, 2.75) is 44.3 Å². The normalized spacial score (nSPS) is 22.0. The Morgan fingerprint density at radius 1 is 1.33 bits per heavy atom. The zero-order valence-corrected chi connectivity index (χ0v) is 13.4. The smallest absolute Gasteiger partial charge is 0.307 e. The van der Waals surface area contributed by atoms with Crippen LogP contribution in [0.25, 0.3) is 0 Å². The Kier molecular flexibility index (Phi) is 6.43. The van der Waals surface area contributed by atoms with E-state index in [-0.39, 0.29) is 6.42 Å². The van der Waals surface area contributed by atoms with E-state index in [1.54, 1.807) is 0 Å². The molecule has 1 saturated carbocycles. The van der Waals surface area contributed by atoms with Crippen LogP contribution in [-0.2, 0) is 11.2 Å². The van der Waals surface area contributed by atoms with E-state index in [2.05, 4.69) is 6.92 Å². The highest BCUT2D eigenvalue weighted by molar-refractivity contribution is 7.99. The highest BCUT2D eigenvalue weighted by Gasteiger charge is 2.18. The molecule has 4 heteroatoms. The lowest BCUT2D eigenvalue weighted by Crippen LogP contribution is -2.16. The molecule has 0 heterocycles. The Labute approximate surface area is 131 Å². The molecule has 2 rings (SSSR count). The van der Waals surface area contributed by atoms with Gasteiger partial charge in [-0.05, 0) is 36.5 Å². The van der Waals surface area contributed by atoms with Gasteiger partial charge in [0.05, 0.1) is 13.0 Å². The van der Waals surface area contributed by atoms with Gasteiger partial charge in [0.2, 0.25) is 0 Å². The maximum atomic E-state index is 10.6. The van der Waals surface area contributed by atoms with E-state index in [0.717, 1.165) is 28.2 Å². The molecule has 0 saturated heterocycles. The zero-order chi connectivity index (χ0) is 15.1. The number of carboxylic acid groups (broad SMARTS) is 1. The molecule has 0 spiro atoms. The zero-order valence-electron chi connectivity index (χ0n) is 12.6. The minimum atomic E-state index is -0.804. The number of carboxylic acids is 1. The fraction of sp³-hybridized carbons (Fsp3) is 0.588. The van der Waals surface area contributed by atoms with E-state index in [1.807, 2.05) is 36.0 Å². The summed E-state index contributed by atoms with van der Waals surface area (Å²) in [5, 5.41) is 9.52. The SMILES string of the molecule is CC1CCCC(SCCOc2ccc(CC(=O)O)cc2)C1. The lowest BCUT2D eigenvalue weighted by Gasteiger charge is -2.26. The van der Waals surface area contributed by atoms with Gasteiger partial charge in [0, 0.05) is 11.0 Å². The van der Waals surface area contributed by atoms with Crippen molar-refractivity contribution < 1.29 is 14.6 Å². The third-order valence-corrected chi connectivity index (χ3v) is 5.17. The first-order valence-electron chi connectivity index (χ1n) is 7.68. The van der Waals surface area contributed by atoms with Gasteiger partial charge < -0.3 is 9.84 Å². The number of ether oxygens (including phenoxy) is 1. The minimum Gasteiger partial charge on any atom is -0.493 e. The van der Waals surface area contributed by atoms with Gasteiger partial charge in [-0.1, -0.05) is 31.9 Å². The summed E-state index contributed by atoms with van der Waals surface area (Å²) in [5.41, 5.74) is 0.806. The van der Waals surface area contributed by atoms with Gasteiger partial charge in [-0.15, -0.1) is 0 Å². The van der Waals surface area contributed by atoms with Crippen molar-refractivity contribution >= 4 is 17.7 Å². The van der Waals surface area contributed by atoms with E-state index < -0.39 is 5.97 Å². The Hall–Kier alpha value is -1.16. The number of aliphatic carboxylic acids is 1. The molecule has 0 aliphatic heterocycles. The fourth-order valence-electron chi connectivity index (χ4n) is 2.78. The first-order valence-corrected chi connectivity index (χ1v) is 8.73. The van der Waals surface area contributed by atoms with Crippen molar-refractivity contribution in [1.82, 2.24) is 0 Å². The molecule has 0 amide bonds. The van der Waals surface area contributed by atoms with Gasteiger partial charge in [-0.3, -0.25) is 4.79 Å². The molecule has 3 nitrogen and oxygen atoms in total. The van der Waals surface area contributed by atoms with Crippen molar-refractivity contribution in [3.8, 4) is 5.75 Å². The summed E-state index contributed by atoms with van der Waals surface area (Å²) in [6.07, 6.45) is 5.50. The predicted octanol–water partition coefficient (Wildman–Crippen LogP) is 4.00. The second-order valence-corrected chi connectivity index (χ2v) is 7.24. The van der Waals surface area contributed by atoms with Crippen LogP contribution in [0.3, 0.4) is 0 Å². The molecule has 2 unspecified atom stereocenters. The fourth-order valence-corrected chi connectivity index (χ4v) is 4.09. The van der Waals surface area contributed by atoms with Crippen LogP contribution in [0.1, 0.15) is 38.2 Å². The highest BCUT2D eigenvalue weighted by Crippen LogP contribution is 2.31. The maximum absolute atomic E-state index is 10.6. The molecule has 21 heavy (non-hydrogen) atoms. The second-order valence-electron chi connectivity index (χ2n) is 5.83. The van der Waals surface area contributed by atoms with Crippen LogP contribution in [-0.4, -0.2) is 28.7 Å². The number of carbonyl (C=O) groups is 1. The average Bonchev–Trinajstić information content (AvgIpc) is 2.45. The monoisotopic (exact) mass is 308 g/mol. The number of rotatable bonds is 7. The molecule has 1 aliphatic carbocycles. The summed E-state index contributed by atoms with van der Waals surface area (Å²) < 4.78 is 5.72. The molecule has 0 bridgehead atoms. The van der Waals surface area contributed by atoms with Crippen molar-refractivity contribution in [2.24, 2.45) is 5.92 Å². The molecule has 116 valence electrons. The van der Waals surface area contributed by atoms with Gasteiger partial charge in [0.25, 0.3) is 0 Å². The standard InChI is InChI=1S/C17H24O3S/c1-13-3-2-4-16(11-13)21-10-9-20-15-7-5-14(6-8-15)12-17(18)19/h5-8,13,16H,2-4,9-12H2,1H3,(H,18,19). The Balaban J connectivity index is 1.65. The predicted molar refractivity (Wildman–Crippen MR) is 87.2 cm³/mol. The third-order valence-electron chi connectivity index (χ3n) is 3.87. The van der Waals surface area contributed by atoms with Gasteiger partial charge in [0.1, 0.15) is 5.75 Å². The maximum Gasteiger partial charge on any atom is 0.307 e. The van der Waals surface area contributed by atoms with Crippen LogP contribution < -0.4 is 4.74 Å². The molecule has 0 aromatic heterocycles. The van der Waals surface area contributed by atoms with E-state index in [4.69, 9.17) is 9.84 Å². The average molecular weight is 308 g/mol. The second kappa shape index (κ2) is 8.32. The summed E-state index contributed by atoms with van der Waals surface area (Å²) in [7, 11) is 0. The largest absolute Gasteiger partial charge is 0.493 e. The minimum absolute atomic E-state index is 0.0655. The van der Waals surface area contributed by atoms with Gasteiger partial charge in [0.15, 0.2) is 0 Å². The Morgan fingerprint density at radius 3 is 2.76 bits per heavy atom. The Bertz CT molecular complexity index is 444. The molecule has 0 radical (unpaired) electrons. The van der Waals surface area contributed by atoms with Gasteiger partial charge >= 0.3 is 5.97 Å². The highest BCUT2D eigenvalue weighted by atomic mass is 32.2. The molecular formula is C17H24O3S. The van der Waals surface area contributed by atoms with Crippen molar-refractivity contribution in [2.75, 3.05) is 12.4 Å². The topological polar surface area (TPSA) is 46.5 Å². The van der Waals surface area contributed by atoms with Crippen LogP contribution in [0.15, 0.2) is 24.3 Å². The first kappa shape index (κ1) is 16.2. The lowest BCUT2D eigenvalue weighted by atomic mass is 9.91. The Morgan fingerprint density at radius 2 is 2.10 bits per heavy atom. The van der Waals surface area contributed by atoms with Crippen LogP contribution in [0.5, 0.6) is 5.75 Å². The molecule has 1 aromatic rings. The first-order chi connectivity index (χ1) is 10.1. The molecular weight excluding hydrogens is 284 g/mol. The number of benzene rings is 1. The number of thioether (sulfide) groups is 1. The molecule has 2 atom stereocenters. The number of hydrogen-bond acceptors (Lipinski definition) is 3. The molecule has 1 aromatic carbocycles. The van der Waals surface area contributed by atoms with E-state index >= 15 is 0 Å². The van der Waals surface area contributed by atoms with Gasteiger partial charge in [-0.25, -0.2) is 0 Å². The quantitative estimate of drug-likeness (QED) is 0.773. The summed E-state index contributed by atoms with van der Waals surface area (Å²) in [6, 6.07) is 7.34. The van der Waals surface area contributed by atoms with Crippen LogP contribution in [0.2, 0.25) is 0 Å². The molecule has 1 N–H and O–H groups in total. The summed E-state index contributed by atoms with van der Waals surface area (Å²) >= 11 is 2.03. The van der Waals surface area contributed by atoms with Crippen LogP contribution in [0, 0.1) is 5.92 Å². The van der Waals surface area contributed by atoms with E-state index in [1.165, 1.54) is 25.7 Å². The summed E-state index contributed by atoms with van der Waals surface area (Å²) in [4.78, 5) is 10.6.